The van der Waals surface area contributed by atoms with Gasteiger partial charge in [-0.3, -0.25) is 10.1 Å². The summed E-state index contributed by atoms with van der Waals surface area (Å²) in [6.45, 7) is 6.05. The van der Waals surface area contributed by atoms with Crippen LogP contribution in [0.3, 0.4) is 0 Å². The lowest BCUT2D eigenvalue weighted by Crippen LogP contribution is -2.17. The van der Waals surface area contributed by atoms with Crippen molar-refractivity contribution in [1.29, 1.82) is 0 Å². The second-order valence-corrected chi connectivity index (χ2v) is 8.40. The quantitative estimate of drug-likeness (QED) is 0.445. The summed E-state index contributed by atoms with van der Waals surface area (Å²) in [5.41, 5.74) is 1.64. The Hall–Kier alpha value is -3.01. The van der Waals surface area contributed by atoms with Crippen molar-refractivity contribution < 1.29 is 14.1 Å². The maximum atomic E-state index is 12.2. The first kappa shape index (κ1) is 20.7. The molecule has 3 N–H and O–H groups in total. The zero-order valence-corrected chi connectivity index (χ0v) is 17.6. The Morgan fingerprint density at radius 3 is 2.62 bits per heavy atom. The topological polar surface area (TPSA) is 121 Å². The zero-order chi connectivity index (χ0) is 21.0. The highest BCUT2D eigenvalue weighted by Crippen LogP contribution is 2.24. The molecule has 154 valence electrons. The number of nitrogen functional groups attached to an aromatic ring is 1. The number of amides is 1. The number of carbonyl (C=O) groups excluding carboxylic acids is 1. The van der Waals surface area contributed by atoms with Gasteiger partial charge < -0.3 is 15.1 Å². The van der Waals surface area contributed by atoms with Crippen LogP contribution in [0.4, 0.5) is 5.88 Å². The van der Waals surface area contributed by atoms with Crippen molar-refractivity contribution in [2.45, 2.75) is 37.8 Å². The molecule has 1 aromatic carbocycles. The van der Waals surface area contributed by atoms with Gasteiger partial charge in [0, 0.05) is 17.9 Å². The number of aromatic nitrogens is 4. The second-order valence-electron chi connectivity index (χ2n) is 7.46. The molecule has 0 aliphatic carbocycles. The van der Waals surface area contributed by atoms with Gasteiger partial charge in [-0.05, 0) is 17.7 Å². The Bertz CT molecular complexity index is 975. The number of methoxy groups -OCH3 is 1. The number of hydrogen-bond donors (Lipinski definition) is 2. The Labute approximate surface area is 173 Å². The predicted molar refractivity (Wildman–Crippen MR) is 111 cm³/mol. The highest BCUT2D eigenvalue weighted by molar-refractivity contribution is 7.99. The van der Waals surface area contributed by atoms with E-state index in [4.69, 9.17) is 15.1 Å². The third kappa shape index (κ3) is 5.29. The third-order valence-electron chi connectivity index (χ3n) is 4.13. The van der Waals surface area contributed by atoms with Crippen molar-refractivity contribution in [3.63, 3.8) is 0 Å². The van der Waals surface area contributed by atoms with Crippen LogP contribution in [0.5, 0.6) is 5.75 Å². The normalized spacial score (nSPS) is 11.4. The SMILES string of the molecule is COc1ccc(Cc2nnc(SCC(=O)Nc3cc(C(C)(C)C)no3)n2N)cc1. The summed E-state index contributed by atoms with van der Waals surface area (Å²) < 4.78 is 11.7. The molecule has 10 heteroatoms. The Kier molecular flexibility index (Phi) is 6.12. The number of carbonyl (C=O) groups is 1. The summed E-state index contributed by atoms with van der Waals surface area (Å²) in [5.74, 6) is 7.65. The molecule has 0 bridgehead atoms. The van der Waals surface area contributed by atoms with Gasteiger partial charge in [0.2, 0.25) is 16.9 Å². The standard InChI is InChI=1S/C19H24N6O3S/c1-19(2,3)14-10-17(28-24-14)21-16(26)11-29-18-23-22-15(25(18)20)9-12-5-7-13(27-4)8-6-12/h5-8,10H,9,11,20H2,1-4H3,(H,21,26). The van der Waals surface area contributed by atoms with E-state index in [0.29, 0.717) is 23.3 Å². The van der Waals surface area contributed by atoms with Gasteiger partial charge in [0.15, 0.2) is 5.82 Å². The molecule has 0 fully saturated rings. The molecule has 9 nitrogen and oxygen atoms in total. The third-order valence-corrected chi connectivity index (χ3v) is 5.07. The fourth-order valence-corrected chi connectivity index (χ4v) is 3.12. The van der Waals surface area contributed by atoms with Crippen molar-refractivity contribution in [1.82, 2.24) is 20.0 Å². The second kappa shape index (κ2) is 8.56. The summed E-state index contributed by atoms with van der Waals surface area (Å²) in [6, 6.07) is 9.36. The minimum atomic E-state index is -0.244. The predicted octanol–water partition coefficient (Wildman–Crippen LogP) is 2.61. The first-order chi connectivity index (χ1) is 13.8. The minimum absolute atomic E-state index is 0.115. The van der Waals surface area contributed by atoms with Gasteiger partial charge in [0.25, 0.3) is 0 Å². The van der Waals surface area contributed by atoms with E-state index in [2.05, 4.69) is 20.7 Å². The smallest absolute Gasteiger partial charge is 0.237 e. The lowest BCUT2D eigenvalue weighted by atomic mass is 9.92. The molecule has 0 radical (unpaired) electrons. The highest BCUT2D eigenvalue weighted by Gasteiger charge is 2.20. The lowest BCUT2D eigenvalue weighted by Gasteiger charge is -2.12. The largest absolute Gasteiger partial charge is 0.497 e. The van der Waals surface area contributed by atoms with Crippen LogP contribution < -0.4 is 15.9 Å². The molecular formula is C19H24N6O3S. The first-order valence-corrected chi connectivity index (χ1v) is 9.97. The number of rotatable bonds is 7. The van der Waals surface area contributed by atoms with E-state index in [9.17, 15) is 4.79 Å². The molecule has 0 aliphatic rings. The Balaban J connectivity index is 1.55. The molecule has 2 aromatic heterocycles. The van der Waals surface area contributed by atoms with Crippen molar-refractivity contribution in [3.05, 3.63) is 47.4 Å². The molecular weight excluding hydrogens is 392 g/mol. The van der Waals surface area contributed by atoms with Crippen molar-refractivity contribution in [3.8, 4) is 5.75 Å². The average molecular weight is 417 g/mol. The van der Waals surface area contributed by atoms with Crippen molar-refractivity contribution >= 4 is 23.6 Å². The van der Waals surface area contributed by atoms with Gasteiger partial charge in [0.05, 0.1) is 18.6 Å². The number of ether oxygens (including phenoxy) is 1. The molecule has 0 saturated heterocycles. The molecule has 3 aromatic rings. The minimum Gasteiger partial charge on any atom is -0.497 e. The van der Waals surface area contributed by atoms with E-state index >= 15 is 0 Å². The van der Waals surface area contributed by atoms with E-state index in [1.54, 1.807) is 13.2 Å². The highest BCUT2D eigenvalue weighted by atomic mass is 32.2. The van der Waals surface area contributed by atoms with E-state index in [1.807, 2.05) is 45.0 Å². The summed E-state index contributed by atoms with van der Waals surface area (Å²) >= 11 is 1.19. The van der Waals surface area contributed by atoms with E-state index in [0.717, 1.165) is 17.0 Å². The summed E-state index contributed by atoms with van der Waals surface area (Å²) in [4.78, 5) is 12.2. The van der Waals surface area contributed by atoms with Gasteiger partial charge in [-0.25, -0.2) is 4.68 Å². The lowest BCUT2D eigenvalue weighted by molar-refractivity contribution is -0.113. The van der Waals surface area contributed by atoms with Crippen LogP contribution in [0.1, 0.15) is 37.9 Å². The number of hydrogen-bond acceptors (Lipinski definition) is 8. The van der Waals surface area contributed by atoms with Crippen LogP contribution in [0.15, 0.2) is 40.0 Å². The number of nitrogens with two attached hydrogens (primary N) is 1. The van der Waals surface area contributed by atoms with Gasteiger partial charge in [-0.15, -0.1) is 10.2 Å². The van der Waals surface area contributed by atoms with E-state index in [1.165, 1.54) is 16.4 Å². The van der Waals surface area contributed by atoms with Crippen molar-refractivity contribution in [2.24, 2.45) is 0 Å². The van der Waals surface area contributed by atoms with E-state index in [-0.39, 0.29) is 17.1 Å². The monoisotopic (exact) mass is 416 g/mol. The van der Waals surface area contributed by atoms with Crippen LogP contribution in [-0.4, -0.2) is 38.8 Å². The summed E-state index contributed by atoms with van der Waals surface area (Å²) in [5, 5.41) is 15.3. The van der Waals surface area contributed by atoms with Gasteiger partial charge in [-0.1, -0.05) is 49.8 Å². The number of nitrogens with one attached hydrogen (secondary N) is 1. The van der Waals surface area contributed by atoms with Crippen LogP contribution in [-0.2, 0) is 16.6 Å². The molecule has 0 atom stereocenters. The van der Waals surface area contributed by atoms with Crippen LogP contribution in [0.2, 0.25) is 0 Å². The molecule has 0 saturated carbocycles. The molecule has 0 unspecified atom stereocenters. The molecule has 29 heavy (non-hydrogen) atoms. The van der Waals surface area contributed by atoms with Gasteiger partial charge in [0.1, 0.15) is 5.75 Å². The molecule has 0 spiro atoms. The average Bonchev–Trinajstić information content (AvgIpc) is 3.28. The number of nitrogens with zero attached hydrogens (tertiary/aromatic N) is 4. The number of anilines is 1. The van der Waals surface area contributed by atoms with Crippen LogP contribution in [0.25, 0.3) is 0 Å². The maximum absolute atomic E-state index is 12.2. The van der Waals surface area contributed by atoms with Crippen LogP contribution in [0, 0.1) is 0 Å². The summed E-state index contributed by atoms with van der Waals surface area (Å²) in [7, 11) is 1.62. The number of thioether (sulfide) groups is 1. The van der Waals surface area contributed by atoms with Gasteiger partial charge in [-0.2, -0.15) is 0 Å². The first-order valence-electron chi connectivity index (χ1n) is 8.98. The van der Waals surface area contributed by atoms with Crippen molar-refractivity contribution in [2.75, 3.05) is 24.0 Å². The maximum Gasteiger partial charge on any atom is 0.237 e. The van der Waals surface area contributed by atoms with Crippen LogP contribution >= 0.6 is 11.8 Å². The molecule has 2 heterocycles. The molecule has 1 amide bonds. The number of benzene rings is 1. The van der Waals surface area contributed by atoms with E-state index < -0.39 is 0 Å². The van der Waals surface area contributed by atoms with Gasteiger partial charge >= 0.3 is 0 Å². The Morgan fingerprint density at radius 2 is 2.00 bits per heavy atom. The Morgan fingerprint density at radius 1 is 1.28 bits per heavy atom. The zero-order valence-electron chi connectivity index (χ0n) is 16.8. The fourth-order valence-electron chi connectivity index (χ4n) is 2.44. The molecule has 0 aliphatic heterocycles. The molecule has 3 rings (SSSR count). The fraction of sp³-hybridized carbons (Fsp3) is 0.368. The summed E-state index contributed by atoms with van der Waals surface area (Å²) in [6.07, 6.45) is 0.522.